The van der Waals surface area contributed by atoms with Crippen molar-refractivity contribution in [1.29, 1.82) is 0 Å². The van der Waals surface area contributed by atoms with E-state index in [-0.39, 0.29) is 31.1 Å². The van der Waals surface area contributed by atoms with Crippen LogP contribution in [0.1, 0.15) is 26.7 Å². The predicted octanol–water partition coefficient (Wildman–Crippen LogP) is -1.89. The fourth-order valence-electron chi connectivity index (χ4n) is 1.95. The third-order valence-electron chi connectivity index (χ3n) is 3.19. The molecule has 20 heavy (non-hydrogen) atoms. The molecule has 0 spiro atoms. The molecule has 0 aromatic carbocycles. The lowest BCUT2D eigenvalue weighted by Crippen LogP contribution is -2.48. The Hall–Kier alpha value is -2.12. The second-order valence-electron chi connectivity index (χ2n) is 5.31. The highest BCUT2D eigenvalue weighted by molar-refractivity contribution is 5.90. The molecule has 0 aromatic heterocycles. The number of likely N-dealkylation sites (tertiary alicyclic amines) is 1. The maximum absolute atomic E-state index is 11.7. The molecule has 1 saturated heterocycles. The summed E-state index contributed by atoms with van der Waals surface area (Å²) in [5, 5.41) is 4.64. The van der Waals surface area contributed by atoms with Gasteiger partial charge in [0, 0.05) is 12.0 Å². The Kier molecular flexibility index (Phi) is 5.06. The second kappa shape index (κ2) is 6.36. The molecule has 0 aliphatic carbocycles. The van der Waals surface area contributed by atoms with Gasteiger partial charge in [-0.15, -0.1) is 0 Å². The second-order valence-corrected chi connectivity index (χ2v) is 5.31. The summed E-state index contributed by atoms with van der Waals surface area (Å²) in [6.07, 6.45) is 1.14. The number of rotatable bonds is 6. The number of hydrogen-bond donors (Lipinski definition) is 3. The van der Waals surface area contributed by atoms with Crippen molar-refractivity contribution in [2.45, 2.75) is 32.2 Å². The lowest BCUT2D eigenvalue weighted by Gasteiger charge is -2.30. The molecule has 0 bridgehead atoms. The Balaban J connectivity index is 2.35. The molecule has 1 fully saturated rings. The SMILES string of the molecule is CC1(C)CCC(=O)N1CC(=O)NCC(=O)NCC(N)=O. The van der Waals surface area contributed by atoms with E-state index >= 15 is 0 Å². The van der Waals surface area contributed by atoms with Gasteiger partial charge in [0.2, 0.25) is 23.6 Å². The lowest BCUT2D eigenvalue weighted by molar-refractivity contribution is -0.136. The minimum absolute atomic E-state index is 0.0664. The minimum Gasteiger partial charge on any atom is -0.368 e. The third kappa shape index (κ3) is 4.52. The minimum atomic E-state index is -0.658. The largest absolute Gasteiger partial charge is 0.368 e. The van der Waals surface area contributed by atoms with Crippen LogP contribution < -0.4 is 16.4 Å². The molecule has 1 heterocycles. The summed E-state index contributed by atoms with van der Waals surface area (Å²) in [5.41, 5.74) is 4.52. The van der Waals surface area contributed by atoms with E-state index in [9.17, 15) is 19.2 Å². The average molecular weight is 284 g/mol. The smallest absolute Gasteiger partial charge is 0.240 e. The average Bonchev–Trinajstić information content (AvgIpc) is 2.60. The summed E-state index contributed by atoms with van der Waals surface area (Å²) in [6, 6.07) is 0. The Morgan fingerprint density at radius 1 is 1.20 bits per heavy atom. The van der Waals surface area contributed by atoms with Crippen LogP contribution >= 0.6 is 0 Å². The summed E-state index contributed by atoms with van der Waals surface area (Å²) >= 11 is 0. The molecule has 0 radical (unpaired) electrons. The van der Waals surface area contributed by atoms with Crippen molar-refractivity contribution in [3.8, 4) is 0 Å². The van der Waals surface area contributed by atoms with Crippen molar-refractivity contribution < 1.29 is 19.2 Å². The standard InChI is InChI=1S/C12H20N4O4/c1-12(2)4-3-11(20)16(12)7-10(19)15-6-9(18)14-5-8(13)17/h3-7H2,1-2H3,(H2,13,17)(H,14,18)(H,15,19). The number of carbonyl (C=O) groups is 4. The van der Waals surface area contributed by atoms with Crippen molar-refractivity contribution in [3.05, 3.63) is 0 Å². The highest BCUT2D eigenvalue weighted by atomic mass is 16.2. The topological polar surface area (TPSA) is 122 Å². The van der Waals surface area contributed by atoms with Crippen LogP contribution in [0.15, 0.2) is 0 Å². The van der Waals surface area contributed by atoms with Gasteiger partial charge in [-0.05, 0) is 20.3 Å². The molecule has 8 heteroatoms. The van der Waals surface area contributed by atoms with E-state index < -0.39 is 17.7 Å². The van der Waals surface area contributed by atoms with Crippen molar-refractivity contribution in [2.24, 2.45) is 5.73 Å². The molecule has 1 rings (SSSR count). The van der Waals surface area contributed by atoms with Gasteiger partial charge < -0.3 is 21.3 Å². The Labute approximate surface area is 117 Å². The summed E-state index contributed by atoms with van der Waals surface area (Å²) in [5.74, 6) is -1.65. The Bertz CT molecular complexity index is 433. The van der Waals surface area contributed by atoms with E-state index in [2.05, 4.69) is 10.6 Å². The Morgan fingerprint density at radius 2 is 1.80 bits per heavy atom. The van der Waals surface area contributed by atoms with E-state index in [1.54, 1.807) is 0 Å². The van der Waals surface area contributed by atoms with Crippen LogP contribution in [0.2, 0.25) is 0 Å². The molecule has 1 aliphatic heterocycles. The highest BCUT2D eigenvalue weighted by Gasteiger charge is 2.38. The zero-order chi connectivity index (χ0) is 15.3. The van der Waals surface area contributed by atoms with Crippen LogP contribution in [-0.2, 0) is 19.2 Å². The van der Waals surface area contributed by atoms with Gasteiger partial charge in [0.1, 0.15) is 6.54 Å². The predicted molar refractivity (Wildman–Crippen MR) is 70.2 cm³/mol. The van der Waals surface area contributed by atoms with E-state index in [4.69, 9.17) is 5.73 Å². The number of nitrogens with one attached hydrogen (secondary N) is 2. The number of primary amides is 1. The van der Waals surface area contributed by atoms with Crippen LogP contribution in [-0.4, -0.2) is 53.7 Å². The molecule has 0 saturated carbocycles. The third-order valence-corrected chi connectivity index (χ3v) is 3.19. The van der Waals surface area contributed by atoms with Gasteiger partial charge >= 0.3 is 0 Å². The molecule has 4 amide bonds. The van der Waals surface area contributed by atoms with Gasteiger partial charge in [0.15, 0.2) is 0 Å². The van der Waals surface area contributed by atoms with Crippen LogP contribution in [0.5, 0.6) is 0 Å². The first-order valence-electron chi connectivity index (χ1n) is 6.34. The van der Waals surface area contributed by atoms with Gasteiger partial charge in [-0.3, -0.25) is 19.2 Å². The van der Waals surface area contributed by atoms with Gasteiger partial charge in [0.05, 0.1) is 13.1 Å². The number of nitrogens with two attached hydrogens (primary N) is 1. The van der Waals surface area contributed by atoms with Crippen LogP contribution in [0, 0.1) is 0 Å². The number of carbonyl (C=O) groups excluding carboxylic acids is 4. The molecule has 0 aromatic rings. The first-order chi connectivity index (χ1) is 9.22. The molecule has 112 valence electrons. The molecule has 4 N–H and O–H groups in total. The van der Waals surface area contributed by atoms with Crippen molar-refractivity contribution in [1.82, 2.24) is 15.5 Å². The molecular formula is C12H20N4O4. The van der Waals surface area contributed by atoms with Gasteiger partial charge in [-0.25, -0.2) is 0 Å². The molecule has 0 unspecified atom stereocenters. The monoisotopic (exact) mass is 284 g/mol. The fraction of sp³-hybridized carbons (Fsp3) is 0.667. The van der Waals surface area contributed by atoms with Crippen LogP contribution in [0.3, 0.4) is 0 Å². The van der Waals surface area contributed by atoms with E-state index in [1.165, 1.54) is 4.90 Å². The van der Waals surface area contributed by atoms with Crippen molar-refractivity contribution in [2.75, 3.05) is 19.6 Å². The number of nitrogens with zero attached hydrogens (tertiary/aromatic N) is 1. The first kappa shape index (κ1) is 15.9. The molecule has 0 atom stereocenters. The summed E-state index contributed by atoms with van der Waals surface area (Å²) in [4.78, 5) is 46.6. The van der Waals surface area contributed by atoms with E-state index in [0.29, 0.717) is 12.8 Å². The summed E-state index contributed by atoms with van der Waals surface area (Å²) in [7, 11) is 0. The molecule has 8 nitrogen and oxygen atoms in total. The molecule has 1 aliphatic rings. The highest BCUT2D eigenvalue weighted by Crippen LogP contribution is 2.28. The van der Waals surface area contributed by atoms with Gasteiger partial charge in [0.25, 0.3) is 0 Å². The van der Waals surface area contributed by atoms with Crippen LogP contribution in [0.4, 0.5) is 0 Å². The first-order valence-corrected chi connectivity index (χ1v) is 6.34. The van der Waals surface area contributed by atoms with Crippen LogP contribution in [0.25, 0.3) is 0 Å². The van der Waals surface area contributed by atoms with Crippen molar-refractivity contribution >= 4 is 23.6 Å². The quantitative estimate of drug-likeness (QED) is 0.527. The Morgan fingerprint density at radius 3 is 2.30 bits per heavy atom. The number of amides is 4. The normalized spacial score (nSPS) is 16.9. The summed E-state index contributed by atoms with van der Waals surface area (Å²) in [6.45, 7) is 3.19. The van der Waals surface area contributed by atoms with Crippen molar-refractivity contribution in [3.63, 3.8) is 0 Å². The zero-order valence-electron chi connectivity index (χ0n) is 11.7. The van der Waals surface area contributed by atoms with Gasteiger partial charge in [-0.2, -0.15) is 0 Å². The lowest BCUT2D eigenvalue weighted by atomic mass is 10.0. The van der Waals surface area contributed by atoms with Gasteiger partial charge in [-0.1, -0.05) is 0 Å². The fourth-order valence-corrected chi connectivity index (χ4v) is 1.95. The zero-order valence-corrected chi connectivity index (χ0v) is 11.7. The maximum Gasteiger partial charge on any atom is 0.240 e. The molecular weight excluding hydrogens is 264 g/mol. The number of hydrogen-bond acceptors (Lipinski definition) is 4. The van der Waals surface area contributed by atoms with E-state index in [1.807, 2.05) is 13.8 Å². The summed E-state index contributed by atoms with van der Waals surface area (Å²) < 4.78 is 0. The maximum atomic E-state index is 11.7. The van der Waals surface area contributed by atoms with E-state index in [0.717, 1.165) is 0 Å².